The topological polar surface area (TPSA) is 72.8 Å². The molecular formula is C9H14O5. The lowest BCUT2D eigenvalue weighted by Crippen LogP contribution is -2.20. The highest BCUT2D eigenvalue weighted by atomic mass is 16.6. The smallest absolute Gasteiger partial charge is 0.349 e. The molecule has 0 heterocycles. The Morgan fingerprint density at radius 2 is 1.43 bits per heavy atom. The maximum absolute atomic E-state index is 11.2. The van der Waals surface area contributed by atoms with Crippen LogP contribution in [-0.2, 0) is 19.1 Å². The Bertz CT molecular complexity index is 230. The molecule has 0 aromatic carbocycles. The van der Waals surface area contributed by atoms with Crippen molar-refractivity contribution in [1.29, 1.82) is 0 Å². The quantitative estimate of drug-likeness (QED) is 0.241. The number of hydrogen-bond donors (Lipinski definition) is 1. The number of allylic oxidation sites excluding steroid dienone is 1. The van der Waals surface area contributed by atoms with Gasteiger partial charge in [-0.1, -0.05) is 0 Å². The van der Waals surface area contributed by atoms with E-state index in [0.29, 0.717) is 0 Å². The van der Waals surface area contributed by atoms with E-state index in [0.717, 1.165) is 0 Å². The van der Waals surface area contributed by atoms with Gasteiger partial charge in [0, 0.05) is 0 Å². The predicted molar refractivity (Wildman–Crippen MR) is 48.6 cm³/mol. The number of carbonyl (C=O) groups is 2. The van der Waals surface area contributed by atoms with Crippen LogP contribution in [0.25, 0.3) is 0 Å². The first-order chi connectivity index (χ1) is 6.54. The standard InChI is InChI=1S/C9H14O5/c1-4-13-8(11)7(6(3)10)9(12)14-5-2/h10H,4-5H2,1-3H3. The van der Waals surface area contributed by atoms with E-state index < -0.39 is 23.3 Å². The normalized spacial score (nSPS) is 9.07. The lowest BCUT2D eigenvalue weighted by atomic mass is 10.2. The van der Waals surface area contributed by atoms with Crippen LogP contribution in [0.5, 0.6) is 0 Å². The summed E-state index contributed by atoms with van der Waals surface area (Å²) in [4.78, 5) is 22.3. The van der Waals surface area contributed by atoms with Crippen LogP contribution in [0.1, 0.15) is 20.8 Å². The van der Waals surface area contributed by atoms with Crippen LogP contribution in [0, 0.1) is 0 Å². The van der Waals surface area contributed by atoms with Crippen molar-refractivity contribution in [2.24, 2.45) is 0 Å². The van der Waals surface area contributed by atoms with Gasteiger partial charge < -0.3 is 14.6 Å². The van der Waals surface area contributed by atoms with Crippen molar-refractivity contribution in [2.45, 2.75) is 20.8 Å². The summed E-state index contributed by atoms with van der Waals surface area (Å²) in [5.41, 5.74) is -0.450. The van der Waals surface area contributed by atoms with Gasteiger partial charge in [0.15, 0.2) is 5.57 Å². The van der Waals surface area contributed by atoms with Gasteiger partial charge in [-0.05, 0) is 20.8 Å². The average molecular weight is 202 g/mol. The van der Waals surface area contributed by atoms with E-state index in [1.54, 1.807) is 13.8 Å². The second-order valence-corrected chi connectivity index (χ2v) is 2.40. The first-order valence-corrected chi connectivity index (χ1v) is 4.28. The Balaban J connectivity index is 4.71. The lowest BCUT2D eigenvalue weighted by molar-refractivity contribution is -0.146. The molecule has 1 N–H and O–H groups in total. The van der Waals surface area contributed by atoms with Gasteiger partial charge in [-0.15, -0.1) is 0 Å². The van der Waals surface area contributed by atoms with Gasteiger partial charge in [-0.3, -0.25) is 0 Å². The molecule has 0 spiro atoms. The summed E-state index contributed by atoms with van der Waals surface area (Å²) in [6, 6.07) is 0. The molecule has 0 aromatic rings. The number of hydrogen-bond acceptors (Lipinski definition) is 5. The third kappa shape index (κ3) is 3.47. The highest BCUT2D eigenvalue weighted by Crippen LogP contribution is 2.06. The Hall–Kier alpha value is -1.52. The first kappa shape index (κ1) is 12.5. The van der Waals surface area contributed by atoms with Gasteiger partial charge in [-0.25, -0.2) is 9.59 Å². The third-order valence-corrected chi connectivity index (χ3v) is 1.32. The Morgan fingerprint density at radius 3 is 1.64 bits per heavy atom. The summed E-state index contributed by atoms with van der Waals surface area (Å²) in [6.07, 6.45) is 0. The van der Waals surface area contributed by atoms with Gasteiger partial charge in [0.1, 0.15) is 5.76 Å². The summed E-state index contributed by atoms with van der Waals surface area (Å²) >= 11 is 0. The van der Waals surface area contributed by atoms with Crippen molar-refractivity contribution in [1.82, 2.24) is 0 Å². The van der Waals surface area contributed by atoms with Gasteiger partial charge in [0.25, 0.3) is 0 Å². The second-order valence-electron chi connectivity index (χ2n) is 2.40. The van der Waals surface area contributed by atoms with Crippen molar-refractivity contribution in [3.8, 4) is 0 Å². The van der Waals surface area contributed by atoms with E-state index in [4.69, 9.17) is 5.11 Å². The fourth-order valence-corrected chi connectivity index (χ4v) is 0.785. The third-order valence-electron chi connectivity index (χ3n) is 1.32. The van der Waals surface area contributed by atoms with E-state index in [2.05, 4.69) is 9.47 Å². The minimum absolute atomic E-state index is 0.134. The zero-order valence-corrected chi connectivity index (χ0v) is 8.49. The van der Waals surface area contributed by atoms with Gasteiger partial charge in [0.05, 0.1) is 13.2 Å². The highest BCUT2D eigenvalue weighted by Gasteiger charge is 2.23. The molecule has 0 aliphatic heterocycles. The number of aliphatic hydroxyl groups excluding tert-OH is 1. The molecule has 0 radical (unpaired) electrons. The van der Waals surface area contributed by atoms with E-state index in [-0.39, 0.29) is 13.2 Å². The summed E-state index contributed by atoms with van der Waals surface area (Å²) in [5, 5.41) is 9.08. The van der Waals surface area contributed by atoms with Crippen LogP contribution in [-0.4, -0.2) is 30.3 Å². The SMILES string of the molecule is CCOC(=O)C(C(=O)OCC)=C(C)O. The predicted octanol–water partition coefficient (Wildman–Crippen LogP) is 0.945. The molecule has 0 saturated heterocycles. The minimum atomic E-state index is -0.869. The number of esters is 2. The van der Waals surface area contributed by atoms with E-state index in [1.165, 1.54) is 6.92 Å². The number of carbonyl (C=O) groups excluding carboxylic acids is 2. The summed E-state index contributed by atoms with van der Waals surface area (Å²) < 4.78 is 9.15. The molecular weight excluding hydrogens is 188 g/mol. The molecule has 0 aliphatic carbocycles. The molecule has 0 bridgehead atoms. The zero-order valence-electron chi connectivity index (χ0n) is 8.49. The molecule has 0 aromatic heterocycles. The van der Waals surface area contributed by atoms with Gasteiger partial charge in [-0.2, -0.15) is 0 Å². The maximum Gasteiger partial charge on any atom is 0.349 e. The molecule has 14 heavy (non-hydrogen) atoms. The molecule has 80 valence electrons. The fraction of sp³-hybridized carbons (Fsp3) is 0.556. The van der Waals surface area contributed by atoms with Crippen molar-refractivity contribution < 1.29 is 24.2 Å². The van der Waals surface area contributed by atoms with Crippen LogP contribution >= 0.6 is 0 Å². The number of rotatable bonds is 4. The minimum Gasteiger partial charge on any atom is -0.511 e. The van der Waals surface area contributed by atoms with E-state index in [1.807, 2.05) is 0 Å². The molecule has 0 fully saturated rings. The Morgan fingerprint density at radius 1 is 1.07 bits per heavy atom. The van der Waals surface area contributed by atoms with Crippen molar-refractivity contribution in [2.75, 3.05) is 13.2 Å². The first-order valence-electron chi connectivity index (χ1n) is 4.28. The second kappa shape index (κ2) is 6.01. The zero-order chi connectivity index (χ0) is 11.1. The Labute approximate surface area is 82.3 Å². The molecule has 0 saturated carbocycles. The summed E-state index contributed by atoms with van der Waals surface area (Å²) in [5.74, 6) is -2.14. The molecule has 0 aliphatic rings. The summed E-state index contributed by atoms with van der Waals surface area (Å²) in [7, 11) is 0. The molecule has 0 amide bonds. The average Bonchev–Trinajstić information content (AvgIpc) is 2.04. The van der Waals surface area contributed by atoms with E-state index >= 15 is 0 Å². The van der Waals surface area contributed by atoms with Crippen LogP contribution < -0.4 is 0 Å². The van der Waals surface area contributed by atoms with Crippen molar-refractivity contribution in [3.05, 3.63) is 11.3 Å². The van der Waals surface area contributed by atoms with Crippen molar-refractivity contribution in [3.63, 3.8) is 0 Å². The van der Waals surface area contributed by atoms with Crippen molar-refractivity contribution >= 4 is 11.9 Å². The fourth-order valence-electron chi connectivity index (χ4n) is 0.785. The van der Waals surface area contributed by atoms with E-state index in [9.17, 15) is 9.59 Å². The maximum atomic E-state index is 11.2. The monoisotopic (exact) mass is 202 g/mol. The number of ether oxygens (including phenoxy) is 2. The molecule has 0 rings (SSSR count). The molecule has 0 atom stereocenters. The molecule has 5 heteroatoms. The highest BCUT2D eigenvalue weighted by molar-refractivity contribution is 6.14. The van der Waals surface area contributed by atoms with Crippen LogP contribution in [0.15, 0.2) is 11.3 Å². The number of aliphatic hydroxyl groups is 1. The van der Waals surface area contributed by atoms with Gasteiger partial charge in [0.2, 0.25) is 0 Å². The lowest BCUT2D eigenvalue weighted by Gasteiger charge is -2.06. The Kier molecular flexibility index (Phi) is 5.36. The van der Waals surface area contributed by atoms with Crippen LogP contribution in [0.4, 0.5) is 0 Å². The van der Waals surface area contributed by atoms with Gasteiger partial charge >= 0.3 is 11.9 Å². The summed E-state index contributed by atoms with van der Waals surface area (Å²) in [6.45, 7) is 4.70. The molecule has 0 unspecified atom stereocenters. The largest absolute Gasteiger partial charge is 0.511 e. The van der Waals surface area contributed by atoms with Crippen LogP contribution in [0.3, 0.4) is 0 Å². The molecule has 5 nitrogen and oxygen atoms in total. The van der Waals surface area contributed by atoms with Crippen LogP contribution in [0.2, 0.25) is 0 Å².